The van der Waals surface area contributed by atoms with E-state index < -0.39 is 18.0 Å². The SMILES string of the molecule is CCCC(NC(=O)NC(C)C1CCOCC1)C(=O)O. The van der Waals surface area contributed by atoms with Crippen LogP contribution in [0.5, 0.6) is 0 Å². The number of carboxylic acids is 1. The van der Waals surface area contributed by atoms with Crippen molar-refractivity contribution in [3.63, 3.8) is 0 Å². The van der Waals surface area contributed by atoms with E-state index in [0.29, 0.717) is 18.8 Å². The Morgan fingerprint density at radius 1 is 1.32 bits per heavy atom. The van der Waals surface area contributed by atoms with Crippen LogP contribution in [0.3, 0.4) is 0 Å². The molecule has 110 valence electrons. The van der Waals surface area contributed by atoms with E-state index in [9.17, 15) is 9.59 Å². The van der Waals surface area contributed by atoms with Crippen LogP contribution >= 0.6 is 0 Å². The van der Waals surface area contributed by atoms with Gasteiger partial charge >= 0.3 is 12.0 Å². The van der Waals surface area contributed by atoms with Crippen molar-refractivity contribution in [2.45, 2.75) is 51.6 Å². The number of amides is 2. The Labute approximate surface area is 113 Å². The first-order valence-corrected chi connectivity index (χ1v) is 6.92. The molecule has 19 heavy (non-hydrogen) atoms. The highest BCUT2D eigenvalue weighted by molar-refractivity contribution is 5.82. The van der Waals surface area contributed by atoms with Crippen LogP contribution in [-0.2, 0) is 9.53 Å². The molecule has 6 nitrogen and oxygen atoms in total. The van der Waals surface area contributed by atoms with Gasteiger partial charge in [-0.3, -0.25) is 0 Å². The summed E-state index contributed by atoms with van der Waals surface area (Å²) >= 11 is 0. The molecule has 6 heteroatoms. The summed E-state index contributed by atoms with van der Waals surface area (Å²) in [5, 5.41) is 14.3. The fourth-order valence-electron chi connectivity index (χ4n) is 2.29. The largest absolute Gasteiger partial charge is 0.480 e. The van der Waals surface area contributed by atoms with Gasteiger partial charge in [-0.15, -0.1) is 0 Å². The maximum Gasteiger partial charge on any atom is 0.326 e. The molecule has 1 fully saturated rings. The van der Waals surface area contributed by atoms with E-state index >= 15 is 0 Å². The first-order valence-electron chi connectivity index (χ1n) is 6.92. The van der Waals surface area contributed by atoms with Crippen LogP contribution in [0.1, 0.15) is 39.5 Å². The van der Waals surface area contributed by atoms with Crippen LogP contribution in [0.4, 0.5) is 4.79 Å². The lowest BCUT2D eigenvalue weighted by molar-refractivity contribution is -0.139. The molecule has 0 aromatic heterocycles. The minimum atomic E-state index is -0.990. The van der Waals surface area contributed by atoms with Gasteiger partial charge in [0, 0.05) is 19.3 Å². The molecule has 1 rings (SSSR count). The summed E-state index contributed by atoms with van der Waals surface area (Å²) in [4.78, 5) is 22.7. The number of hydrogen-bond donors (Lipinski definition) is 3. The van der Waals surface area contributed by atoms with E-state index in [1.54, 1.807) is 0 Å². The van der Waals surface area contributed by atoms with Gasteiger partial charge in [-0.05, 0) is 32.1 Å². The predicted molar refractivity (Wildman–Crippen MR) is 71.0 cm³/mol. The molecular formula is C13H24N2O4. The summed E-state index contributed by atoms with van der Waals surface area (Å²) in [6.07, 6.45) is 3.01. The van der Waals surface area contributed by atoms with Crippen LogP contribution in [-0.4, -0.2) is 42.4 Å². The fourth-order valence-corrected chi connectivity index (χ4v) is 2.29. The smallest absolute Gasteiger partial charge is 0.326 e. The minimum absolute atomic E-state index is 0.0278. The number of carbonyl (C=O) groups is 2. The molecule has 0 spiro atoms. The molecule has 3 N–H and O–H groups in total. The Bertz CT molecular complexity index is 303. The molecule has 1 aliphatic heterocycles. The third kappa shape index (κ3) is 5.46. The van der Waals surface area contributed by atoms with Gasteiger partial charge < -0.3 is 20.5 Å². The number of carboxylic acid groups (broad SMARTS) is 1. The number of aliphatic carboxylic acids is 1. The Morgan fingerprint density at radius 2 is 1.95 bits per heavy atom. The van der Waals surface area contributed by atoms with Gasteiger partial charge in [-0.1, -0.05) is 13.3 Å². The molecule has 0 bridgehead atoms. The first kappa shape index (κ1) is 15.8. The minimum Gasteiger partial charge on any atom is -0.480 e. The van der Waals surface area contributed by atoms with E-state index in [1.807, 2.05) is 13.8 Å². The van der Waals surface area contributed by atoms with Crippen molar-refractivity contribution in [1.82, 2.24) is 10.6 Å². The number of ether oxygens (including phenoxy) is 1. The lowest BCUT2D eigenvalue weighted by atomic mass is 9.93. The molecule has 1 heterocycles. The van der Waals surface area contributed by atoms with Gasteiger partial charge in [0.05, 0.1) is 0 Å². The van der Waals surface area contributed by atoms with Crippen molar-refractivity contribution in [2.75, 3.05) is 13.2 Å². The zero-order valence-corrected chi connectivity index (χ0v) is 11.6. The van der Waals surface area contributed by atoms with Gasteiger partial charge in [0.1, 0.15) is 6.04 Å². The average Bonchev–Trinajstić information content (AvgIpc) is 2.39. The van der Waals surface area contributed by atoms with Crippen molar-refractivity contribution >= 4 is 12.0 Å². The molecule has 2 unspecified atom stereocenters. The van der Waals surface area contributed by atoms with Crippen LogP contribution in [0.2, 0.25) is 0 Å². The maximum absolute atomic E-state index is 11.8. The first-order chi connectivity index (χ1) is 9.04. The van der Waals surface area contributed by atoms with E-state index in [4.69, 9.17) is 9.84 Å². The highest BCUT2D eigenvalue weighted by Gasteiger charge is 2.24. The summed E-state index contributed by atoms with van der Waals surface area (Å²) < 4.78 is 5.28. The summed E-state index contributed by atoms with van der Waals surface area (Å²) in [5.41, 5.74) is 0. The molecule has 0 aromatic carbocycles. The number of rotatable bonds is 6. The third-order valence-corrected chi connectivity index (χ3v) is 3.51. The van der Waals surface area contributed by atoms with Gasteiger partial charge in [0.2, 0.25) is 0 Å². The van der Waals surface area contributed by atoms with Crippen LogP contribution in [0, 0.1) is 5.92 Å². The Balaban J connectivity index is 2.38. The molecule has 0 radical (unpaired) electrons. The summed E-state index contributed by atoms with van der Waals surface area (Å²) in [6.45, 7) is 5.29. The van der Waals surface area contributed by atoms with Crippen molar-refractivity contribution in [3.8, 4) is 0 Å². The molecule has 0 aromatic rings. The Hall–Kier alpha value is -1.30. The monoisotopic (exact) mass is 272 g/mol. The van der Waals surface area contributed by atoms with E-state index in [0.717, 1.165) is 26.1 Å². The zero-order chi connectivity index (χ0) is 14.3. The predicted octanol–water partition coefficient (Wildman–Crippen LogP) is 1.35. The molecule has 0 saturated carbocycles. The molecule has 1 aliphatic rings. The number of urea groups is 1. The quantitative estimate of drug-likeness (QED) is 0.681. The van der Waals surface area contributed by atoms with Gasteiger partial charge in [0.25, 0.3) is 0 Å². The molecule has 0 aliphatic carbocycles. The Kier molecular flexibility index (Phi) is 6.62. The van der Waals surface area contributed by atoms with Crippen molar-refractivity contribution in [2.24, 2.45) is 5.92 Å². The van der Waals surface area contributed by atoms with Crippen LogP contribution < -0.4 is 10.6 Å². The fraction of sp³-hybridized carbons (Fsp3) is 0.846. The van der Waals surface area contributed by atoms with Crippen LogP contribution in [0.15, 0.2) is 0 Å². The van der Waals surface area contributed by atoms with Gasteiger partial charge in [-0.2, -0.15) is 0 Å². The lowest BCUT2D eigenvalue weighted by Crippen LogP contribution is -2.50. The summed E-state index contributed by atoms with van der Waals surface area (Å²) in [5.74, 6) is -0.593. The zero-order valence-electron chi connectivity index (χ0n) is 11.6. The third-order valence-electron chi connectivity index (χ3n) is 3.51. The molecule has 1 saturated heterocycles. The topological polar surface area (TPSA) is 87.7 Å². The van der Waals surface area contributed by atoms with Crippen LogP contribution in [0.25, 0.3) is 0 Å². The second-order valence-corrected chi connectivity index (χ2v) is 5.04. The van der Waals surface area contributed by atoms with E-state index in [2.05, 4.69) is 10.6 Å². The second-order valence-electron chi connectivity index (χ2n) is 5.04. The number of carbonyl (C=O) groups excluding carboxylic acids is 1. The Morgan fingerprint density at radius 3 is 2.47 bits per heavy atom. The molecule has 2 amide bonds. The van der Waals surface area contributed by atoms with Crippen molar-refractivity contribution < 1.29 is 19.4 Å². The average molecular weight is 272 g/mol. The molecule has 2 atom stereocenters. The second kappa shape index (κ2) is 7.99. The highest BCUT2D eigenvalue weighted by atomic mass is 16.5. The maximum atomic E-state index is 11.8. The normalized spacial score (nSPS) is 19.5. The summed E-state index contributed by atoms with van der Waals surface area (Å²) in [6, 6.07) is -1.19. The van der Waals surface area contributed by atoms with E-state index in [-0.39, 0.29) is 6.04 Å². The highest BCUT2D eigenvalue weighted by Crippen LogP contribution is 2.18. The molecular weight excluding hydrogens is 248 g/mol. The number of nitrogens with one attached hydrogen (secondary N) is 2. The lowest BCUT2D eigenvalue weighted by Gasteiger charge is -2.28. The van der Waals surface area contributed by atoms with Crippen molar-refractivity contribution in [3.05, 3.63) is 0 Å². The summed E-state index contributed by atoms with van der Waals surface area (Å²) in [7, 11) is 0. The standard InChI is InChI=1S/C13H24N2O4/c1-3-4-11(12(16)17)15-13(18)14-9(2)10-5-7-19-8-6-10/h9-11H,3-8H2,1-2H3,(H,16,17)(H2,14,15,18). The van der Waals surface area contributed by atoms with E-state index in [1.165, 1.54) is 0 Å². The van der Waals surface area contributed by atoms with Crippen molar-refractivity contribution in [1.29, 1.82) is 0 Å². The number of hydrogen-bond acceptors (Lipinski definition) is 3. The van der Waals surface area contributed by atoms with Gasteiger partial charge in [0.15, 0.2) is 0 Å². The van der Waals surface area contributed by atoms with Gasteiger partial charge in [-0.25, -0.2) is 9.59 Å².